The van der Waals surface area contributed by atoms with Crippen molar-refractivity contribution < 1.29 is 4.79 Å². The molecule has 0 saturated heterocycles. The molecule has 5 heteroatoms. The van der Waals surface area contributed by atoms with Crippen molar-refractivity contribution in [1.29, 1.82) is 0 Å². The highest BCUT2D eigenvalue weighted by Crippen LogP contribution is 2.09. The first kappa shape index (κ1) is 13.3. The molecule has 1 aromatic heterocycles. The highest BCUT2D eigenvalue weighted by Gasteiger charge is 2.23. The predicted octanol–water partition coefficient (Wildman–Crippen LogP) is 1.23. The lowest BCUT2D eigenvalue weighted by Crippen LogP contribution is -2.50. The number of carbonyl (C=O) groups is 1. The molecule has 100 valence electrons. The molecule has 0 unspecified atom stereocenters. The van der Waals surface area contributed by atoms with Crippen LogP contribution in [0.1, 0.15) is 19.4 Å². The van der Waals surface area contributed by atoms with E-state index >= 15 is 0 Å². The van der Waals surface area contributed by atoms with Crippen LogP contribution in [0.5, 0.6) is 0 Å². The number of hydrogen-bond acceptors (Lipinski definition) is 3. The number of nitrogens with one attached hydrogen (secondary N) is 1. The summed E-state index contributed by atoms with van der Waals surface area (Å²) in [5.74, 6) is -0.372. The van der Waals surface area contributed by atoms with Gasteiger partial charge in [-0.05, 0) is 26.0 Å². The Bertz CT molecular complexity index is 560. The number of benzene rings is 1. The zero-order valence-electron chi connectivity index (χ0n) is 11.1. The zero-order valence-corrected chi connectivity index (χ0v) is 11.1. The number of para-hydroxylation sites is 1. The van der Waals surface area contributed by atoms with Crippen molar-refractivity contribution in [3.05, 3.63) is 48.3 Å². The monoisotopic (exact) mass is 258 g/mol. The molecule has 1 aromatic carbocycles. The first-order valence-electron chi connectivity index (χ1n) is 6.13. The molecule has 3 N–H and O–H groups in total. The molecule has 0 radical (unpaired) electrons. The van der Waals surface area contributed by atoms with Gasteiger partial charge in [-0.25, -0.2) is 4.68 Å². The van der Waals surface area contributed by atoms with Gasteiger partial charge in [0.25, 0.3) is 0 Å². The third-order valence-electron chi connectivity index (χ3n) is 3.01. The number of aromatic nitrogens is 2. The molecule has 19 heavy (non-hydrogen) atoms. The molecule has 0 aliphatic rings. The van der Waals surface area contributed by atoms with Crippen LogP contribution in [0, 0.1) is 0 Å². The third kappa shape index (κ3) is 3.20. The summed E-state index contributed by atoms with van der Waals surface area (Å²) in [4.78, 5) is 11.2. The maximum Gasteiger partial charge on any atom is 0.237 e. The van der Waals surface area contributed by atoms with Crippen molar-refractivity contribution in [1.82, 2.24) is 15.1 Å². The fourth-order valence-electron chi connectivity index (χ4n) is 1.58. The van der Waals surface area contributed by atoms with Crippen LogP contribution in [0.25, 0.3) is 5.69 Å². The molecule has 1 amide bonds. The van der Waals surface area contributed by atoms with Crippen LogP contribution in [0.4, 0.5) is 0 Å². The van der Waals surface area contributed by atoms with Crippen molar-refractivity contribution in [3.63, 3.8) is 0 Å². The molecule has 0 aliphatic heterocycles. The van der Waals surface area contributed by atoms with Crippen LogP contribution >= 0.6 is 0 Å². The Morgan fingerprint density at radius 3 is 2.68 bits per heavy atom. The van der Waals surface area contributed by atoms with E-state index in [1.165, 1.54) is 0 Å². The second-order valence-electron chi connectivity index (χ2n) is 4.97. The topological polar surface area (TPSA) is 72.9 Å². The van der Waals surface area contributed by atoms with Crippen molar-refractivity contribution in [2.24, 2.45) is 5.73 Å². The van der Waals surface area contributed by atoms with Crippen molar-refractivity contribution in [2.75, 3.05) is 0 Å². The second-order valence-corrected chi connectivity index (χ2v) is 4.97. The van der Waals surface area contributed by atoms with Crippen molar-refractivity contribution in [3.8, 4) is 5.69 Å². The fourth-order valence-corrected chi connectivity index (χ4v) is 1.58. The van der Waals surface area contributed by atoms with Crippen LogP contribution in [0.3, 0.4) is 0 Å². The molecule has 1 heterocycles. The van der Waals surface area contributed by atoms with Gasteiger partial charge in [-0.2, -0.15) is 5.10 Å². The summed E-state index contributed by atoms with van der Waals surface area (Å²) in [5.41, 5.74) is 6.58. The SMILES string of the molecule is CC(C)(NCc1cnn(-c2ccccc2)c1)C(N)=O. The van der Waals surface area contributed by atoms with Gasteiger partial charge in [0.2, 0.25) is 5.91 Å². The van der Waals surface area contributed by atoms with E-state index in [1.807, 2.05) is 36.5 Å². The van der Waals surface area contributed by atoms with Crippen molar-refractivity contribution in [2.45, 2.75) is 25.9 Å². The lowest BCUT2D eigenvalue weighted by Gasteiger charge is -2.21. The van der Waals surface area contributed by atoms with E-state index in [0.29, 0.717) is 6.54 Å². The van der Waals surface area contributed by atoms with Gasteiger partial charge in [0.05, 0.1) is 17.4 Å². The molecule has 0 aliphatic carbocycles. The van der Waals surface area contributed by atoms with Crippen LogP contribution in [-0.4, -0.2) is 21.2 Å². The van der Waals surface area contributed by atoms with Gasteiger partial charge in [-0.3, -0.25) is 10.1 Å². The van der Waals surface area contributed by atoms with Crippen LogP contribution in [0.2, 0.25) is 0 Å². The minimum Gasteiger partial charge on any atom is -0.368 e. The molecule has 2 aromatic rings. The molecule has 5 nitrogen and oxygen atoms in total. The van der Waals surface area contributed by atoms with E-state index in [9.17, 15) is 4.79 Å². The summed E-state index contributed by atoms with van der Waals surface area (Å²) in [6.07, 6.45) is 3.70. The summed E-state index contributed by atoms with van der Waals surface area (Å²) < 4.78 is 1.80. The Labute approximate surface area is 112 Å². The molecule has 0 fully saturated rings. The minimum atomic E-state index is -0.727. The molecular weight excluding hydrogens is 240 g/mol. The van der Waals surface area contributed by atoms with E-state index in [1.54, 1.807) is 24.7 Å². The number of carbonyl (C=O) groups excluding carboxylic acids is 1. The van der Waals surface area contributed by atoms with Crippen LogP contribution in [-0.2, 0) is 11.3 Å². The Kier molecular flexibility index (Phi) is 3.66. The summed E-state index contributed by atoms with van der Waals surface area (Å²) in [7, 11) is 0. The van der Waals surface area contributed by atoms with E-state index in [2.05, 4.69) is 10.4 Å². The quantitative estimate of drug-likeness (QED) is 0.847. The Morgan fingerprint density at radius 2 is 2.05 bits per heavy atom. The number of nitrogens with two attached hydrogens (primary N) is 1. The van der Waals surface area contributed by atoms with E-state index in [4.69, 9.17) is 5.73 Å². The third-order valence-corrected chi connectivity index (χ3v) is 3.01. The largest absolute Gasteiger partial charge is 0.368 e. The lowest BCUT2D eigenvalue weighted by atomic mass is 10.1. The number of rotatable bonds is 5. The predicted molar refractivity (Wildman–Crippen MR) is 73.7 cm³/mol. The Balaban J connectivity index is 2.05. The smallest absolute Gasteiger partial charge is 0.237 e. The van der Waals surface area contributed by atoms with Crippen molar-refractivity contribution >= 4 is 5.91 Å². The number of nitrogens with zero attached hydrogens (tertiary/aromatic N) is 2. The average molecular weight is 258 g/mol. The van der Waals surface area contributed by atoms with E-state index < -0.39 is 5.54 Å². The molecule has 0 atom stereocenters. The van der Waals surface area contributed by atoms with E-state index in [-0.39, 0.29) is 5.91 Å². The lowest BCUT2D eigenvalue weighted by molar-refractivity contribution is -0.123. The van der Waals surface area contributed by atoms with Gasteiger partial charge in [0.1, 0.15) is 0 Å². The summed E-state index contributed by atoms with van der Waals surface area (Å²) in [5, 5.41) is 7.40. The maximum absolute atomic E-state index is 11.2. The molecule has 0 spiro atoms. The first-order valence-corrected chi connectivity index (χ1v) is 6.13. The van der Waals surface area contributed by atoms with Gasteiger partial charge in [0, 0.05) is 18.3 Å². The fraction of sp³-hybridized carbons (Fsp3) is 0.286. The highest BCUT2D eigenvalue weighted by atomic mass is 16.1. The number of amides is 1. The van der Waals surface area contributed by atoms with Gasteiger partial charge in [0.15, 0.2) is 0 Å². The standard InChI is InChI=1S/C14H18N4O/c1-14(2,13(15)19)16-8-11-9-17-18(10-11)12-6-4-3-5-7-12/h3-7,9-10,16H,8H2,1-2H3,(H2,15,19). The number of hydrogen-bond donors (Lipinski definition) is 2. The van der Waals surface area contributed by atoms with Gasteiger partial charge in [-0.15, -0.1) is 0 Å². The Hall–Kier alpha value is -2.14. The molecule has 0 bridgehead atoms. The molecular formula is C14H18N4O. The van der Waals surface area contributed by atoms with Gasteiger partial charge >= 0.3 is 0 Å². The van der Waals surface area contributed by atoms with Crippen LogP contribution in [0.15, 0.2) is 42.7 Å². The van der Waals surface area contributed by atoms with Gasteiger partial charge < -0.3 is 5.73 Å². The van der Waals surface area contributed by atoms with Gasteiger partial charge in [-0.1, -0.05) is 18.2 Å². The molecule has 0 saturated carbocycles. The number of primary amides is 1. The minimum absolute atomic E-state index is 0.372. The van der Waals surface area contributed by atoms with E-state index in [0.717, 1.165) is 11.3 Å². The summed E-state index contributed by atoms with van der Waals surface area (Å²) >= 11 is 0. The normalized spacial score (nSPS) is 11.5. The Morgan fingerprint density at radius 1 is 1.37 bits per heavy atom. The maximum atomic E-state index is 11.2. The van der Waals surface area contributed by atoms with Crippen LogP contribution < -0.4 is 11.1 Å². The average Bonchev–Trinajstić information content (AvgIpc) is 2.86. The highest BCUT2D eigenvalue weighted by molar-refractivity contribution is 5.83. The molecule has 2 rings (SSSR count). The second kappa shape index (κ2) is 5.24. The zero-order chi connectivity index (χ0) is 13.9. The summed E-state index contributed by atoms with van der Waals surface area (Å²) in [6, 6.07) is 9.86. The summed E-state index contributed by atoms with van der Waals surface area (Å²) in [6.45, 7) is 4.07. The first-order chi connectivity index (χ1) is 8.99.